The van der Waals surface area contributed by atoms with Gasteiger partial charge in [-0.3, -0.25) is 9.88 Å². The number of aromatic nitrogens is 2. The lowest BCUT2D eigenvalue weighted by atomic mass is 9.80. The maximum atomic E-state index is 5.98. The van der Waals surface area contributed by atoms with Crippen LogP contribution in [0, 0.1) is 5.41 Å². The van der Waals surface area contributed by atoms with Gasteiger partial charge in [-0.2, -0.15) is 0 Å². The summed E-state index contributed by atoms with van der Waals surface area (Å²) in [5.74, 6) is 1.98. The second-order valence-corrected chi connectivity index (χ2v) is 6.93. The average Bonchev–Trinajstić information content (AvgIpc) is 3.03. The first-order valence-corrected chi connectivity index (χ1v) is 8.67. The molecule has 1 atom stereocenters. The Morgan fingerprint density at radius 3 is 3.04 bits per heavy atom. The molecule has 0 N–H and O–H groups in total. The van der Waals surface area contributed by atoms with E-state index in [-0.39, 0.29) is 5.41 Å². The fraction of sp³-hybridized carbons (Fsp3) is 0.556. The van der Waals surface area contributed by atoms with Gasteiger partial charge in [0.25, 0.3) is 0 Å². The Labute approximate surface area is 142 Å². The van der Waals surface area contributed by atoms with Crippen molar-refractivity contribution in [3.8, 4) is 0 Å². The summed E-state index contributed by atoms with van der Waals surface area (Å²) < 4.78 is 11.5. The lowest BCUT2D eigenvalue weighted by Gasteiger charge is -2.43. The number of furan rings is 1. The molecule has 2 aliphatic heterocycles. The number of nitrogens with zero attached hydrogens (tertiary/aromatic N) is 4. The minimum absolute atomic E-state index is 0.152. The Bertz CT molecular complexity index is 634. The summed E-state index contributed by atoms with van der Waals surface area (Å²) in [6.45, 7) is 6.44. The molecule has 0 amide bonds. The predicted molar refractivity (Wildman–Crippen MR) is 90.7 cm³/mol. The molecule has 0 aliphatic carbocycles. The van der Waals surface area contributed by atoms with Crippen molar-refractivity contribution in [2.24, 2.45) is 5.41 Å². The monoisotopic (exact) mass is 328 g/mol. The second-order valence-electron chi connectivity index (χ2n) is 6.93. The van der Waals surface area contributed by atoms with Crippen molar-refractivity contribution >= 4 is 5.82 Å². The topological polar surface area (TPSA) is 54.6 Å². The zero-order chi connectivity index (χ0) is 16.2. The maximum Gasteiger partial charge on any atom is 0.147 e. The fourth-order valence-electron chi connectivity index (χ4n) is 3.96. The molecule has 24 heavy (non-hydrogen) atoms. The van der Waals surface area contributed by atoms with E-state index < -0.39 is 0 Å². The van der Waals surface area contributed by atoms with E-state index in [2.05, 4.69) is 25.8 Å². The molecule has 0 aromatic carbocycles. The van der Waals surface area contributed by atoms with E-state index in [0.717, 1.165) is 57.5 Å². The molecule has 2 aromatic rings. The maximum absolute atomic E-state index is 5.98. The van der Waals surface area contributed by atoms with Gasteiger partial charge in [0, 0.05) is 37.4 Å². The molecule has 2 fully saturated rings. The van der Waals surface area contributed by atoms with Crippen molar-refractivity contribution in [3.05, 3.63) is 42.7 Å². The summed E-state index contributed by atoms with van der Waals surface area (Å²) in [5.41, 5.74) is 0.152. The molecule has 4 heterocycles. The number of anilines is 1. The van der Waals surface area contributed by atoms with Gasteiger partial charge in [-0.15, -0.1) is 0 Å². The Balaban J connectivity index is 1.49. The molecule has 2 aromatic heterocycles. The number of ether oxygens (including phenoxy) is 1. The van der Waals surface area contributed by atoms with Crippen molar-refractivity contribution in [1.29, 1.82) is 0 Å². The Kier molecular flexibility index (Phi) is 4.49. The van der Waals surface area contributed by atoms with Crippen LogP contribution in [0.25, 0.3) is 0 Å². The third-order valence-electron chi connectivity index (χ3n) is 5.01. The summed E-state index contributed by atoms with van der Waals surface area (Å²) in [4.78, 5) is 13.5. The van der Waals surface area contributed by atoms with E-state index in [1.165, 1.54) is 12.8 Å². The van der Waals surface area contributed by atoms with Gasteiger partial charge < -0.3 is 14.1 Å². The van der Waals surface area contributed by atoms with Gasteiger partial charge in [0.15, 0.2) is 0 Å². The summed E-state index contributed by atoms with van der Waals surface area (Å²) in [6.07, 6.45) is 9.47. The van der Waals surface area contributed by atoms with Crippen LogP contribution in [-0.4, -0.2) is 54.3 Å². The first-order valence-electron chi connectivity index (χ1n) is 8.67. The number of hydrogen-bond acceptors (Lipinski definition) is 6. The molecule has 4 rings (SSSR count). The van der Waals surface area contributed by atoms with Crippen LogP contribution in [0.4, 0.5) is 5.82 Å². The van der Waals surface area contributed by atoms with Crippen LogP contribution in [0.2, 0.25) is 0 Å². The van der Waals surface area contributed by atoms with E-state index >= 15 is 0 Å². The number of piperidine rings is 1. The Morgan fingerprint density at radius 2 is 2.21 bits per heavy atom. The smallest absolute Gasteiger partial charge is 0.147 e. The SMILES string of the molecule is c1coc(CN2CCC[C@]3(COCCN(c4cnccn4)C3)C2)c1. The molecule has 128 valence electrons. The van der Waals surface area contributed by atoms with E-state index in [4.69, 9.17) is 9.15 Å². The van der Waals surface area contributed by atoms with E-state index in [9.17, 15) is 0 Å². The largest absolute Gasteiger partial charge is 0.468 e. The van der Waals surface area contributed by atoms with Gasteiger partial charge >= 0.3 is 0 Å². The minimum atomic E-state index is 0.152. The highest BCUT2D eigenvalue weighted by atomic mass is 16.5. The van der Waals surface area contributed by atoms with Gasteiger partial charge in [-0.1, -0.05) is 0 Å². The van der Waals surface area contributed by atoms with Crippen molar-refractivity contribution in [2.45, 2.75) is 19.4 Å². The van der Waals surface area contributed by atoms with Gasteiger partial charge in [0.05, 0.1) is 32.2 Å². The Hall–Kier alpha value is -1.92. The molecule has 2 saturated heterocycles. The number of hydrogen-bond donors (Lipinski definition) is 0. The Morgan fingerprint density at radius 1 is 1.21 bits per heavy atom. The third kappa shape index (κ3) is 3.44. The zero-order valence-corrected chi connectivity index (χ0v) is 13.9. The van der Waals surface area contributed by atoms with Crippen molar-refractivity contribution in [1.82, 2.24) is 14.9 Å². The zero-order valence-electron chi connectivity index (χ0n) is 13.9. The fourth-order valence-corrected chi connectivity index (χ4v) is 3.96. The second kappa shape index (κ2) is 6.91. The van der Waals surface area contributed by atoms with Crippen LogP contribution >= 0.6 is 0 Å². The molecule has 0 unspecified atom stereocenters. The normalized spacial score (nSPS) is 25.8. The van der Waals surface area contributed by atoms with Crippen LogP contribution in [0.5, 0.6) is 0 Å². The van der Waals surface area contributed by atoms with Crippen LogP contribution in [0.15, 0.2) is 41.4 Å². The molecule has 0 saturated carbocycles. The summed E-state index contributed by atoms with van der Waals surface area (Å²) >= 11 is 0. The van der Waals surface area contributed by atoms with Gasteiger partial charge in [0.1, 0.15) is 11.6 Å². The van der Waals surface area contributed by atoms with Crippen LogP contribution in [-0.2, 0) is 11.3 Å². The van der Waals surface area contributed by atoms with E-state index in [0.29, 0.717) is 0 Å². The molecule has 6 nitrogen and oxygen atoms in total. The minimum Gasteiger partial charge on any atom is -0.468 e. The quantitative estimate of drug-likeness (QED) is 0.861. The number of likely N-dealkylation sites (tertiary alicyclic amines) is 1. The van der Waals surface area contributed by atoms with Crippen LogP contribution < -0.4 is 4.90 Å². The van der Waals surface area contributed by atoms with Gasteiger partial charge in [-0.05, 0) is 31.5 Å². The van der Waals surface area contributed by atoms with Gasteiger partial charge in [0.2, 0.25) is 0 Å². The first-order chi connectivity index (χ1) is 11.8. The summed E-state index contributed by atoms with van der Waals surface area (Å²) in [7, 11) is 0. The lowest BCUT2D eigenvalue weighted by Crippen LogP contribution is -2.50. The average molecular weight is 328 g/mol. The molecule has 1 spiro atoms. The van der Waals surface area contributed by atoms with Gasteiger partial charge in [-0.25, -0.2) is 4.98 Å². The molecular weight excluding hydrogens is 304 g/mol. The van der Waals surface area contributed by atoms with E-state index in [1.54, 1.807) is 18.7 Å². The van der Waals surface area contributed by atoms with Crippen molar-refractivity contribution in [2.75, 3.05) is 44.3 Å². The summed E-state index contributed by atoms with van der Waals surface area (Å²) in [6, 6.07) is 4.01. The molecule has 0 bridgehead atoms. The van der Waals surface area contributed by atoms with Crippen molar-refractivity contribution in [3.63, 3.8) is 0 Å². The predicted octanol–water partition coefficient (Wildman–Crippen LogP) is 2.19. The molecule has 6 heteroatoms. The highest BCUT2D eigenvalue weighted by molar-refractivity contribution is 5.36. The summed E-state index contributed by atoms with van der Waals surface area (Å²) in [5, 5.41) is 0. The first kappa shape index (κ1) is 15.6. The van der Waals surface area contributed by atoms with Crippen molar-refractivity contribution < 1.29 is 9.15 Å². The molecule has 0 radical (unpaired) electrons. The van der Waals surface area contributed by atoms with Crippen LogP contribution in [0.1, 0.15) is 18.6 Å². The third-order valence-corrected chi connectivity index (χ3v) is 5.01. The standard InChI is InChI=1S/C18H24N4O2/c1-3-16(24-9-1)12-21-7-2-4-18(13-21)14-22(8-10-23-15-18)17-11-19-5-6-20-17/h1,3,5-6,9,11H,2,4,7-8,10,12-15H2/t18-/m0/s1. The van der Waals surface area contributed by atoms with Crippen LogP contribution in [0.3, 0.4) is 0 Å². The molecular formula is C18H24N4O2. The highest BCUT2D eigenvalue weighted by Crippen LogP contribution is 2.34. The molecule has 2 aliphatic rings. The highest BCUT2D eigenvalue weighted by Gasteiger charge is 2.39. The van der Waals surface area contributed by atoms with E-state index in [1.807, 2.05) is 12.3 Å². The lowest BCUT2D eigenvalue weighted by molar-refractivity contribution is 0.00879. The number of rotatable bonds is 3.